The summed E-state index contributed by atoms with van der Waals surface area (Å²) in [6.07, 6.45) is 13.6. The Morgan fingerprint density at radius 1 is 0.723 bits per heavy atom. The molecule has 0 radical (unpaired) electrons. The molecular weight excluding hydrogens is 606 g/mol. The molecule has 13 heteroatoms. The average Bonchev–Trinajstić information content (AvgIpc) is 3.58. The molecule has 1 aromatic rings. The summed E-state index contributed by atoms with van der Waals surface area (Å²) in [5.41, 5.74) is 0. The molecule has 0 aliphatic carbocycles. The number of nitrogens with one attached hydrogen (secondary N) is 2. The van der Waals surface area contributed by atoms with Crippen molar-refractivity contribution in [1.29, 1.82) is 0 Å². The predicted molar refractivity (Wildman–Crippen MR) is 180 cm³/mol. The number of hydrogen-bond donors (Lipinski definition) is 2. The Bertz CT molecular complexity index is 906. The van der Waals surface area contributed by atoms with Crippen molar-refractivity contribution in [1.82, 2.24) is 25.1 Å². The number of carbonyl (C=O) groups excluding carboxylic acids is 4. The molecule has 47 heavy (non-hydrogen) atoms. The topological polar surface area (TPSA) is 150 Å². The predicted octanol–water partition coefficient (Wildman–Crippen LogP) is 5.61. The molecule has 2 amide bonds. The molecule has 2 N–H and O–H groups in total. The fourth-order valence-electron chi connectivity index (χ4n) is 4.80. The van der Waals surface area contributed by atoms with Crippen molar-refractivity contribution in [2.24, 2.45) is 0 Å². The van der Waals surface area contributed by atoms with Crippen molar-refractivity contribution in [2.45, 2.75) is 130 Å². The molecule has 1 aromatic heterocycles. The van der Waals surface area contributed by atoms with Gasteiger partial charge in [-0.2, -0.15) is 0 Å². The summed E-state index contributed by atoms with van der Waals surface area (Å²) in [7, 11) is 0. The zero-order chi connectivity index (χ0) is 34.5. The van der Waals surface area contributed by atoms with Gasteiger partial charge in [-0.25, -0.2) is 14.6 Å². The molecule has 0 saturated carbocycles. The largest absolute Gasteiger partial charge is 0.466 e. The van der Waals surface area contributed by atoms with Gasteiger partial charge in [0, 0.05) is 45.1 Å². The van der Waals surface area contributed by atoms with Gasteiger partial charge in [0.1, 0.15) is 12.2 Å². The average molecular weight is 668 g/mol. The molecule has 2 unspecified atom stereocenters. The number of carbonyl (C=O) groups is 4. The Morgan fingerprint density at radius 3 is 1.66 bits per heavy atom. The smallest absolute Gasteiger partial charge is 0.407 e. The van der Waals surface area contributed by atoms with E-state index >= 15 is 0 Å². The number of aryl methyl sites for hydroxylation is 1. The van der Waals surface area contributed by atoms with E-state index in [1.54, 1.807) is 12.5 Å². The lowest BCUT2D eigenvalue weighted by Crippen LogP contribution is -2.31. The summed E-state index contributed by atoms with van der Waals surface area (Å²) >= 11 is 0. The molecule has 13 nitrogen and oxygen atoms in total. The standard InChI is InChI=1S/C34H61N5O8/c1-5-14-29(7-3)46-33(42)36-18-9-11-26-44-31(40)16-23-38(21-13-22-39-25-20-35-28-39)24-17-32(41)45-27-12-10-19-37-34(43)47-30(8-4)15-6-2/h20,25,28-30H,5-19,21-24,26-27H2,1-4H3,(H,36,42)(H,37,43). The van der Waals surface area contributed by atoms with Crippen LogP contribution in [0.25, 0.3) is 0 Å². The molecule has 0 aromatic carbocycles. The van der Waals surface area contributed by atoms with Crippen molar-refractivity contribution in [2.75, 3.05) is 45.9 Å². The Kier molecular flexibility index (Phi) is 24.6. The maximum absolute atomic E-state index is 12.4. The second-order valence-electron chi connectivity index (χ2n) is 11.7. The van der Waals surface area contributed by atoms with Crippen LogP contribution in [0.1, 0.15) is 111 Å². The highest BCUT2D eigenvalue weighted by Gasteiger charge is 2.14. The first-order valence-corrected chi connectivity index (χ1v) is 17.7. The highest BCUT2D eigenvalue weighted by molar-refractivity contribution is 5.70. The van der Waals surface area contributed by atoms with Crippen molar-refractivity contribution >= 4 is 24.1 Å². The first-order valence-electron chi connectivity index (χ1n) is 17.7. The minimum Gasteiger partial charge on any atom is -0.466 e. The molecule has 270 valence electrons. The van der Waals surface area contributed by atoms with E-state index in [-0.39, 0.29) is 50.2 Å². The minimum absolute atomic E-state index is 0.0568. The van der Waals surface area contributed by atoms with Gasteiger partial charge in [0.2, 0.25) is 0 Å². The van der Waals surface area contributed by atoms with Crippen LogP contribution in [0.4, 0.5) is 9.59 Å². The Morgan fingerprint density at radius 2 is 1.23 bits per heavy atom. The number of ether oxygens (including phenoxy) is 4. The number of unbranched alkanes of at least 4 members (excludes halogenated alkanes) is 2. The number of aromatic nitrogens is 2. The van der Waals surface area contributed by atoms with E-state index in [1.165, 1.54) is 0 Å². The third-order valence-electron chi connectivity index (χ3n) is 7.60. The molecule has 0 bridgehead atoms. The van der Waals surface area contributed by atoms with Crippen LogP contribution in [-0.4, -0.2) is 96.7 Å². The van der Waals surface area contributed by atoms with Crippen LogP contribution in [-0.2, 0) is 35.1 Å². The first-order chi connectivity index (χ1) is 22.8. The Labute approximate surface area is 281 Å². The van der Waals surface area contributed by atoms with Gasteiger partial charge in [-0.3, -0.25) is 9.59 Å². The summed E-state index contributed by atoms with van der Waals surface area (Å²) in [6, 6.07) is 0. The van der Waals surface area contributed by atoms with Gasteiger partial charge in [0.25, 0.3) is 0 Å². The van der Waals surface area contributed by atoms with Crippen LogP contribution in [0, 0.1) is 0 Å². The van der Waals surface area contributed by atoms with E-state index in [9.17, 15) is 19.2 Å². The molecule has 0 aliphatic rings. The van der Waals surface area contributed by atoms with Crippen molar-refractivity contribution in [3.05, 3.63) is 18.7 Å². The third kappa shape index (κ3) is 22.8. The van der Waals surface area contributed by atoms with Gasteiger partial charge in [0.05, 0.1) is 32.4 Å². The molecule has 0 saturated heterocycles. The van der Waals surface area contributed by atoms with Gasteiger partial charge >= 0.3 is 24.1 Å². The summed E-state index contributed by atoms with van der Waals surface area (Å²) in [6.45, 7) is 12.0. The summed E-state index contributed by atoms with van der Waals surface area (Å²) in [4.78, 5) is 54.7. The third-order valence-corrected chi connectivity index (χ3v) is 7.60. The highest BCUT2D eigenvalue weighted by Crippen LogP contribution is 2.08. The number of hydrogen-bond acceptors (Lipinski definition) is 10. The molecule has 1 rings (SSSR count). The summed E-state index contributed by atoms with van der Waals surface area (Å²) in [5.74, 6) is -0.587. The number of esters is 2. The van der Waals surface area contributed by atoms with E-state index in [4.69, 9.17) is 18.9 Å². The molecule has 1 heterocycles. The molecule has 0 spiro atoms. The Hall–Kier alpha value is -3.35. The van der Waals surface area contributed by atoms with Crippen LogP contribution in [0.5, 0.6) is 0 Å². The van der Waals surface area contributed by atoms with Gasteiger partial charge in [-0.15, -0.1) is 0 Å². The number of nitrogens with zero attached hydrogens (tertiary/aromatic N) is 3. The lowest BCUT2D eigenvalue weighted by Gasteiger charge is -2.21. The van der Waals surface area contributed by atoms with E-state index in [2.05, 4.69) is 34.4 Å². The first kappa shape index (κ1) is 41.7. The SMILES string of the molecule is CCCC(CC)OC(=O)NCCCCOC(=O)CCN(CCCn1ccnc1)CCC(=O)OCCCCNC(=O)OC(CC)CCC. The minimum atomic E-state index is -0.404. The van der Waals surface area contributed by atoms with Gasteiger partial charge in [-0.1, -0.05) is 40.5 Å². The fourth-order valence-corrected chi connectivity index (χ4v) is 4.80. The van der Waals surface area contributed by atoms with Crippen LogP contribution in [0.3, 0.4) is 0 Å². The molecule has 0 aliphatic heterocycles. The summed E-state index contributed by atoms with van der Waals surface area (Å²) in [5, 5.41) is 5.50. The number of alkyl carbamates (subject to hydrolysis) is 2. The van der Waals surface area contributed by atoms with E-state index in [0.717, 1.165) is 51.5 Å². The van der Waals surface area contributed by atoms with E-state index in [1.807, 2.05) is 24.6 Å². The zero-order valence-electron chi connectivity index (χ0n) is 29.3. The van der Waals surface area contributed by atoms with Crippen LogP contribution in [0.2, 0.25) is 0 Å². The lowest BCUT2D eigenvalue weighted by molar-refractivity contribution is -0.144. The van der Waals surface area contributed by atoms with Crippen LogP contribution in [0.15, 0.2) is 18.7 Å². The van der Waals surface area contributed by atoms with Gasteiger partial charge in [0.15, 0.2) is 0 Å². The van der Waals surface area contributed by atoms with Gasteiger partial charge < -0.3 is 39.0 Å². The lowest BCUT2D eigenvalue weighted by atomic mass is 10.2. The van der Waals surface area contributed by atoms with Crippen LogP contribution >= 0.6 is 0 Å². The zero-order valence-corrected chi connectivity index (χ0v) is 29.3. The quantitative estimate of drug-likeness (QED) is 0.0656. The molecule has 2 atom stereocenters. The van der Waals surface area contributed by atoms with Gasteiger partial charge in [-0.05, 0) is 64.3 Å². The molecule has 0 fully saturated rings. The normalized spacial score (nSPS) is 12.3. The van der Waals surface area contributed by atoms with Crippen molar-refractivity contribution in [3.8, 4) is 0 Å². The van der Waals surface area contributed by atoms with Crippen LogP contribution < -0.4 is 10.6 Å². The number of amides is 2. The number of imidazole rings is 1. The van der Waals surface area contributed by atoms with E-state index in [0.29, 0.717) is 58.4 Å². The van der Waals surface area contributed by atoms with E-state index < -0.39 is 12.2 Å². The highest BCUT2D eigenvalue weighted by atomic mass is 16.6. The summed E-state index contributed by atoms with van der Waals surface area (Å²) < 4.78 is 23.6. The monoisotopic (exact) mass is 667 g/mol. The maximum atomic E-state index is 12.4. The molecular formula is C34H61N5O8. The number of rotatable bonds is 28. The second kappa shape index (κ2) is 27.7. The fraction of sp³-hybridized carbons (Fsp3) is 0.794. The van der Waals surface area contributed by atoms with Crippen molar-refractivity contribution in [3.63, 3.8) is 0 Å². The second-order valence-corrected chi connectivity index (χ2v) is 11.7. The van der Waals surface area contributed by atoms with Crippen molar-refractivity contribution < 1.29 is 38.1 Å². The maximum Gasteiger partial charge on any atom is 0.407 e. The Balaban J connectivity index is 2.28.